The molecule has 0 saturated heterocycles. The molecule has 2 heteroatoms. The summed E-state index contributed by atoms with van der Waals surface area (Å²) in [6.07, 6.45) is 75.1. The predicted octanol–water partition coefficient (Wildman–Crippen LogP) is 27.2. The van der Waals surface area contributed by atoms with E-state index in [1.54, 1.807) is 0 Å². The number of aliphatic imine (C=N–C) groups is 2. The Morgan fingerprint density at radius 1 is 0.265 bits per heavy atom. The predicted molar refractivity (Wildman–Crippen MR) is 374 cm³/mol. The largest absolute Gasteiger partial charge is 0.250 e. The van der Waals surface area contributed by atoms with Gasteiger partial charge in [-0.25, -0.2) is 4.99 Å². The van der Waals surface area contributed by atoms with Gasteiger partial charge < -0.3 is 0 Å². The number of hydrogen-bond donors (Lipinski definition) is 0. The van der Waals surface area contributed by atoms with Gasteiger partial charge in [0.1, 0.15) is 5.71 Å². The Morgan fingerprint density at radius 2 is 0.518 bits per heavy atom. The van der Waals surface area contributed by atoms with Crippen LogP contribution in [0.25, 0.3) is 0 Å². The molecule has 468 valence electrons. The van der Waals surface area contributed by atoms with Gasteiger partial charge in [0.05, 0.1) is 17.1 Å². The molecule has 0 spiro atoms. The normalized spacial score (nSPS) is 11.6. The fourth-order valence-electron chi connectivity index (χ4n) is 11.7. The third-order valence-corrected chi connectivity index (χ3v) is 17.2. The van der Waals surface area contributed by atoms with Crippen LogP contribution in [-0.4, -0.2) is 11.4 Å². The van der Waals surface area contributed by atoms with E-state index in [1.807, 2.05) is 0 Å². The molecule has 0 aliphatic rings. The van der Waals surface area contributed by atoms with Crippen LogP contribution < -0.4 is 0 Å². The lowest BCUT2D eigenvalue weighted by atomic mass is 10.0. The van der Waals surface area contributed by atoms with Crippen LogP contribution in [0.15, 0.2) is 58.5 Å². The number of para-hydroxylation sites is 2. The lowest BCUT2D eigenvalue weighted by Crippen LogP contribution is -2.13. The van der Waals surface area contributed by atoms with Gasteiger partial charge in [-0.05, 0) is 87.0 Å². The van der Waals surface area contributed by atoms with Gasteiger partial charge in [-0.15, -0.1) is 23.7 Å². The summed E-state index contributed by atoms with van der Waals surface area (Å²) < 4.78 is 0. The molecule has 0 fully saturated rings. The first-order chi connectivity index (χ1) is 41.2. The highest BCUT2D eigenvalue weighted by Crippen LogP contribution is 2.26. The van der Waals surface area contributed by atoms with Crippen LogP contribution in [0, 0.1) is 35.5 Å². The molecular formula is C81H134N2. The number of hydrogen-bond acceptors (Lipinski definition) is 2. The van der Waals surface area contributed by atoms with Crippen molar-refractivity contribution in [2.75, 3.05) is 0 Å². The third-order valence-electron chi connectivity index (χ3n) is 17.2. The van der Waals surface area contributed by atoms with Crippen molar-refractivity contribution in [1.82, 2.24) is 0 Å². The van der Waals surface area contributed by atoms with Crippen molar-refractivity contribution < 1.29 is 0 Å². The van der Waals surface area contributed by atoms with E-state index in [0.717, 1.165) is 106 Å². The summed E-state index contributed by atoms with van der Waals surface area (Å²) in [6, 6.07) is 17.5. The Hall–Kier alpha value is -3.54. The topological polar surface area (TPSA) is 24.7 Å². The number of unbranched alkanes of at least 4 members (excludes halogenated alkanes) is 48. The molecule has 0 aliphatic carbocycles. The van der Waals surface area contributed by atoms with E-state index in [0.29, 0.717) is 0 Å². The van der Waals surface area contributed by atoms with Gasteiger partial charge in [0.25, 0.3) is 0 Å². The number of rotatable bonds is 57. The van der Waals surface area contributed by atoms with Crippen molar-refractivity contribution in [1.29, 1.82) is 0 Å². The zero-order chi connectivity index (χ0) is 59.1. The summed E-state index contributed by atoms with van der Waals surface area (Å²) in [4.78, 5) is 10.9. The molecule has 0 unspecified atom stereocenters. The standard InChI is InChI=1S/C81H134N2/c1-5-9-13-16-19-21-23-25-27-29-31-33-35-37-39-41-43-45-47-49-51-53-56-58-61-68-76-70-64-66-73-78(76)82-80(72-12-8-4)81(75-63-60-55-18-15-11-7-3)83-79-74-67-65-71-77(79)69-62-59-57-54-52-50-48-46-44-42-40-38-36-34-32-30-28-26-24-22-20-17-14-10-6-2/h64-67,70-71,73-74H,5-52,55,58-62,68-69,72H2,1-4H3. The zero-order valence-electron chi connectivity index (χ0n) is 55.8. The van der Waals surface area contributed by atoms with E-state index >= 15 is 0 Å². The van der Waals surface area contributed by atoms with Crippen molar-refractivity contribution in [3.05, 3.63) is 59.7 Å². The van der Waals surface area contributed by atoms with Crippen LogP contribution >= 0.6 is 0 Å². The highest BCUT2D eigenvalue weighted by atomic mass is 14.8. The van der Waals surface area contributed by atoms with E-state index in [1.165, 1.54) is 294 Å². The highest BCUT2D eigenvalue weighted by Gasteiger charge is 2.12. The van der Waals surface area contributed by atoms with Crippen LogP contribution in [-0.2, 0) is 12.8 Å². The zero-order valence-corrected chi connectivity index (χ0v) is 55.8. The maximum absolute atomic E-state index is 5.47. The van der Waals surface area contributed by atoms with Crippen molar-refractivity contribution in [2.24, 2.45) is 9.98 Å². The molecule has 0 heterocycles. The summed E-state index contributed by atoms with van der Waals surface area (Å²) in [6.45, 7) is 9.17. The molecule has 83 heavy (non-hydrogen) atoms. The molecule has 2 rings (SSSR count). The van der Waals surface area contributed by atoms with E-state index in [9.17, 15) is 0 Å². The Kier molecular flexibility index (Phi) is 56.0. The SMILES string of the molecule is CCCCCCCC#CC(=Nc1ccccc1CCCC#CCCCCCCCCCCCCCCCCCCCCCC)C(CCCC)=Nc1ccccc1CCCC#CCCCCCCCCCCCCCCCCCCCCCC. The molecule has 0 aliphatic heterocycles. The Morgan fingerprint density at radius 3 is 0.831 bits per heavy atom. The van der Waals surface area contributed by atoms with Crippen molar-refractivity contribution in [2.45, 2.75) is 394 Å². The van der Waals surface area contributed by atoms with E-state index < -0.39 is 0 Å². The van der Waals surface area contributed by atoms with E-state index in [-0.39, 0.29) is 0 Å². The van der Waals surface area contributed by atoms with Gasteiger partial charge in [0.2, 0.25) is 0 Å². The third kappa shape index (κ3) is 48.3. The Bertz CT molecular complexity index is 1980. The minimum Gasteiger partial charge on any atom is -0.250 e. The van der Waals surface area contributed by atoms with Crippen LogP contribution in [0.4, 0.5) is 11.4 Å². The van der Waals surface area contributed by atoms with Crippen LogP contribution in [0.2, 0.25) is 0 Å². The van der Waals surface area contributed by atoms with Crippen molar-refractivity contribution in [3.63, 3.8) is 0 Å². The maximum Gasteiger partial charge on any atom is 0.135 e. The number of benzene rings is 2. The van der Waals surface area contributed by atoms with Gasteiger partial charge >= 0.3 is 0 Å². The lowest BCUT2D eigenvalue weighted by Gasteiger charge is -2.11. The van der Waals surface area contributed by atoms with Gasteiger partial charge in [0.15, 0.2) is 0 Å². The van der Waals surface area contributed by atoms with Crippen LogP contribution in [0.5, 0.6) is 0 Å². The molecule has 2 aromatic rings. The quantitative estimate of drug-likeness (QED) is 0.0358. The molecule has 0 radical (unpaired) electrons. The highest BCUT2D eigenvalue weighted by molar-refractivity contribution is 6.49. The maximum atomic E-state index is 5.47. The van der Waals surface area contributed by atoms with E-state index in [4.69, 9.17) is 9.98 Å². The minimum absolute atomic E-state index is 0.847. The van der Waals surface area contributed by atoms with Gasteiger partial charge in [-0.3, -0.25) is 4.99 Å². The fraction of sp³-hybridized carbons (Fsp3) is 0.753. The first-order valence-corrected chi connectivity index (χ1v) is 37.0. The summed E-state index contributed by atoms with van der Waals surface area (Å²) in [5.74, 6) is 21.3. The molecule has 2 aromatic carbocycles. The summed E-state index contributed by atoms with van der Waals surface area (Å²) >= 11 is 0. The first-order valence-electron chi connectivity index (χ1n) is 37.0. The lowest BCUT2D eigenvalue weighted by molar-refractivity contribution is 0.522. The molecule has 0 bridgehead atoms. The Balaban J connectivity index is 1.78. The second-order valence-corrected chi connectivity index (χ2v) is 25.2. The van der Waals surface area contributed by atoms with Gasteiger partial charge in [-0.2, -0.15) is 0 Å². The van der Waals surface area contributed by atoms with Gasteiger partial charge in [-0.1, -0.05) is 346 Å². The second-order valence-electron chi connectivity index (χ2n) is 25.2. The molecule has 0 amide bonds. The van der Waals surface area contributed by atoms with Crippen molar-refractivity contribution in [3.8, 4) is 35.5 Å². The molecular weight excluding hydrogens is 1000 g/mol. The summed E-state index contributed by atoms with van der Waals surface area (Å²) in [5.41, 5.74) is 6.55. The molecule has 0 atom stereocenters. The molecule has 2 nitrogen and oxygen atoms in total. The Labute approximate surface area is 518 Å². The second kappa shape index (κ2) is 61.5. The van der Waals surface area contributed by atoms with E-state index in [2.05, 4.69) is 112 Å². The van der Waals surface area contributed by atoms with Crippen LogP contribution in [0.1, 0.15) is 392 Å². The van der Waals surface area contributed by atoms with Crippen molar-refractivity contribution >= 4 is 22.8 Å². The molecule has 0 N–H and O–H groups in total. The molecule has 0 saturated carbocycles. The summed E-state index contributed by atoms with van der Waals surface area (Å²) in [7, 11) is 0. The average Bonchev–Trinajstić information content (AvgIpc) is 3.50. The average molecular weight is 1140 g/mol. The van der Waals surface area contributed by atoms with Crippen LogP contribution in [0.3, 0.4) is 0 Å². The first kappa shape index (κ1) is 75.6. The summed E-state index contributed by atoms with van der Waals surface area (Å²) in [5, 5.41) is 0. The number of aryl methyl sites for hydroxylation is 2. The monoisotopic (exact) mass is 1140 g/mol. The minimum atomic E-state index is 0.847. The molecule has 0 aromatic heterocycles. The fourth-order valence-corrected chi connectivity index (χ4v) is 11.7. The van der Waals surface area contributed by atoms with Gasteiger partial charge in [0, 0.05) is 32.1 Å². The number of nitrogens with zero attached hydrogens (tertiary/aromatic N) is 2. The smallest absolute Gasteiger partial charge is 0.135 e.